The number of aryl methyl sites for hydroxylation is 1. The van der Waals surface area contributed by atoms with E-state index < -0.39 is 0 Å². The van der Waals surface area contributed by atoms with Gasteiger partial charge in [-0.2, -0.15) is 5.10 Å². The van der Waals surface area contributed by atoms with Crippen molar-refractivity contribution in [3.05, 3.63) is 58.4 Å². The van der Waals surface area contributed by atoms with Gasteiger partial charge in [0.1, 0.15) is 0 Å². The summed E-state index contributed by atoms with van der Waals surface area (Å²) in [7, 11) is 0. The summed E-state index contributed by atoms with van der Waals surface area (Å²) in [4.78, 5) is 23.9. The highest BCUT2D eigenvalue weighted by Crippen LogP contribution is 2.43. The van der Waals surface area contributed by atoms with E-state index in [1.165, 1.54) is 6.07 Å². The molecule has 25 heavy (non-hydrogen) atoms. The van der Waals surface area contributed by atoms with Gasteiger partial charge in [0.05, 0.1) is 11.6 Å². The van der Waals surface area contributed by atoms with Crippen LogP contribution in [-0.4, -0.2) is 22.1 Å². The Labute approximate surface area is 145 Å². The summed E-state index contributed by atoms with van der Waals surface area (Å²) in [6, 6.07) is 8.70. The molecule has 1 saturated carbocycles. The van der Waals surface area contributed by atoms with Gasteiger partial charge in [0.25, 0.3) is 5.56 Å². The van der Waals surface area contributed by atoms with Crippen LogP contribution in [0.25, 0.3) is 11.3 Å². The fourth-order valence-electron chi connectivity index (χ4n) is 3.87. The number of nitrogens with two attached hydrogens (primary N) is 1. The molecule has 128 valence electrons. The molecule has 1 fully saturated rings. The molecule has 2 bridgehead atoms. The number of amides is 1. The van der Waals surface area contributed by atoms with Crippen LogP contribution in [0.5, 0.6) is 0 Å². The molecule has 6 heteroatoms. The Kier molecular flexibility index (Phi) is 3.77. The van der Waals surface area contributed by atoms with Gasteiger partial charge in [-0.05, 0) is 42.9 Å². The van der Waals surface area contributed by atoms with Crippen LogP contribution < -0.4 is 16.6 Å². The highest BCUT2D eigenvalue weighted by molar-refractivity contribution is 5.95. The summed E-state index contributed by atoms with van der Waals surface area (Å²) in [5.74, 6) is 0.353. The van der Waals surface area contributed by atoms with Crippen molar-refractivity contribution in [1.29, 1.82) is 0 Å². The number of nitrogens with zero attached hydrogens (tertiary/aromatic N) is 1. The number of allylic oxidation sites excluding steroid dienone is 1. The van der Waals surface area contributed by atoms with E-state index in [-0.39, 0.29) is 29.3 Å². The molecule has 0 saturated heterocycles. The quantitative estimate of drug-likeness (QED) is 0.744. The monoisotopic (exact) mass is 336 g/mol. The SMILES string of the molecule is Cc1ccc(-c2ccc(=O)[nH]n2)cc1NC(=O)[C@H]1[C@@H](N)[C@H]2C=C[C@@H]1C2. The predicted molar refractivity (Wildman–Crippen MR) is 95.9 cm³/mol. The molecule has 1 aromatic heterocycles. The Morgan fingerprint density at radius 1 is 1.24 bits per heavy atom. The van der Waals surface area contributed by atoms with Crippen LogP contribution in [0.3, 0.4) is 0 Å². The average Bonchev–Trinajstić information content (AvgIpc) is 3.18. The van der Waals surface area contributed by atoms with E-state index in [0.717, 1.165) is 23.2 Å². The number of aromatic amines is 1. The average molecular weight is 336 g/mol. The Hall–Kier alpha value is -2.73. The molecule has 4 atom stereocenters. The van der Waals surface area contributed by atoms with Gasteiger partial charge in [0.2, 0.25) is 5.91 Å². The second kappa shape index (κ2) is 5.97. The minimum atomic E-state index is -0.247. The van der Waals surface area contributed by atoms with E-state index in [2.05, 4.69) is 27.7 Å². The number of carbonyl (C=O) groups is 1. The molecule has 0 spiro atoms. The number of nitrogens with one attached hydrogen (secondary N) is 2. The minimum Gasteiger partial charge on any atom is -0.326 e. The molecule has 4 rings (SSSR count). The lowest BCUT2D eigenvalue weighted by molar-refractivity contribution is -0.120. The van der Waals surface area contributed by atoms with Gasteiger partial charge in [-0.3, -0.25) is 9.59 Å². The maximum atomic E-state index is 12.8. The highest BCUT2D eigenvalue weighted by atomic mass is 16.2. The van der Waals surface area contributed by atoms with Crippen molar-refractivity contribution in [3.63, 3.8) is 0 Å². The highest BCUT2D eigenvalue weighted by Gasteiger charge is 2.46. The number of benzene rings is 1. The Morgan fingerprint density at radius 2 is 2.04 bits per heavy atom. The lowest BCUT2D eigenvalue weighted by atomic mass is 9.88. The Morgan fingerprint density at radius 3 is 2.72 bits per heavy atom. The third-order valence-electron chi connectivity index (χ3n) is 5.29. The summed E-state index contributed by atoms with van der Waals surface area (Å²) in [5.41, 5.74) is 9.18. The van der Waals surface area contributed by atoms with Crippen LogP contribution in [0.2, 0.25) is 0 Å². The molecule has 1 aromatic carbocycles. The number of hydrogen-bond donors (Lipinski definition) is 3. The topological polar surface area (TPSA) is 101 Å². The van der Waals surface area contributed by atoms with Crippen molar-refractivity contribution in [2.45, 2.75) is 19.4 Å². The first-order valence-corrected chi connectivity index (χ1v) is 8.44. The molecule has 1 heterocycles. The summed E-state index contributed by atoms with van der Waals surface area (Å²) in [6.07, 6.45) is 5.22. The van der Waals surface area contributed by atoms with E-state index in [1.54, 1.807) is 6.07 Å². The molecule has 2 aliphatic rings. The second-order valence-electron chi connectivity index (χ2n) is 6.88. The van der Waals surface area contributed by atoms with Gasteiger partial charge < -0.3 is 11.1 Å². The Bertz CT molecular complexity index is 897. The standard InChI is InChI=1S/C19H20N4O2/c1-10-2-3-11(14-6-7-16(24)23-22-14)9-15(10)21-19(25)17-12-4-5-13(8-12)18(17)20/h2-7,9,12-13,17-18H,8,20H2,1H3,(H,21,25)(H,23,24)/t12-,13+,17-,18+/m1/s1. The fraction of sp³-hybridized carbons (Fsp3) is 0.316. The van der Waals surface area contributed by atoms with E-state index in [9.17, 15) is 9.59 Å². The van der Waals surface area contributed by atoms with Crippen molar-refractivity contribution in [1.82, 2.24) is 10.2 Å². The van der Waals surface area contributed by atoms with Crippen LogP contribution >= 0.6 is 0 Å². The van der Waals surface area contributed by atoms with Crippen LogP contribution in [0, 0.1) is 24.7 Å². The molecule has 1 amide bonds. The molecular weight excluding hydrogens is 316 g/mol. The summed E-state index contributed by atoms with van der Waals surface area (Å²) in [5, 5.41) is 9.50. The third-order valence-corrected chi connectivity index (χ3v) is 5.29. The zero-order valence-electron chi connectivity index (χ0n) is 13.9. The van der Waals surface area contributed by atoms with Gasteiger partial charge in [-0.1, -0.05) is 24.3 Å². The summed E-state index contributed by atoms with van der Waals surface area (Å²) >= 11 is 0. The molecular formula is C19H20N4O2. The van der Waals surface area contributed by atoms with Gasteiger partial charge in [-0.25, -0.2) is 5.10 Å². The van der Waals surface area contributed by atoms with Gasteiger partial charge >= 0.3 is 0 Å². The van der Waals surface area contributed by atoms with Crippen LogP contribution in [-0.2, 0) is 4.79 Å². The maximum absolute atomic E-state index is 12.8. The fourth-order valence-corrected chi connectivity index (χ4v) is 3.87. The number of anilines is 1. The lowest BCUT2D eigenvalue weighted by Crippen LogP contribution is -2.41. The number of fused-ring (bicyclic) bond motifs is 2. The molecule has 2 aromatic rings. The largest absolute Gasteiger partial charge is 0.326 e. The minimum absolute atomic E-state index is 0.0287. The first-order valence-electron chi connectivity index (χ1n) is 8.44. The smallest absolute Gasteiger partial charge is 0.264 e. The first kappa shape index (κ1) is 15.8. The number of H-pyrrole nitrogens is 1. The van der Waals surface area contributed by atoms with Crippen LogP contribution in [0.4, 0.5) is 5.69 Å². The number of carbonyl (C=O) groups excluding carboxylic acids is 1. The summed E-state index contributed by atoms with van der Waals surface area (Å²) < 4.78 is 0. The first-order chi connectivity index (χ1) is 12.0. The molecule has 4 N–H and O–H groups in total. The molecule has 6 nitrogen and oxygen atoms in total. The zero-order valence-corrected chi connectivity index (χ0v) is 13.9. The number of rotatable bonds is 3. The molecule has 0 aliphatic heterocycles. The molecule has 0 unspecified atom stereocenters. The maximum Gasteiger partial charge on any atom is 0.264 e. The second-order valence-corrected chi connectivity index (χ2v) is 6.88. The van der Waals surface area contributed by atoms with Crippen molar-refractivity contribution in [2.75, 3.05) is 5.32 Å². The van der Waals surface area contributed by atoms with E-state index >= 15 is 0 Å². The Balaban J connectivity index is 1.59. The van der Waals surface area contributed by atoms with Gasteiger partial charge in [0.15, 0.2) is 0 Å². The van der Waals surface area contributed by atoms with E-state index in [1.807, 2.05) is 25.1 Å². The molecule has 0 radical (unpaired) electrons. The van der Waals surface area contributed by atoms with E-state index in [0.29, 0.717) is 11.6 Å². The van der Waals surface area contributed by atoms with Crippen molar-refractivity contribution in [2.24, 2.45) is 23.5 Å². The van der Waals surface area contributed by atoms with Gasteiger partial charge in [-0.15, -0.1) is 0 Å². The summed E-state index contributed by atoms with van der Waals surface area (Å²) in [6.45, 7) is 1.94. The lowest BCUT2D eigenvalue weighted by Gasteiger charge is -2.24. The van der Waals surface area contributed by atoms with Crippen molar-refractivity contribution >= 4 is 11.6 Å². The van der Waals surface area contributed by atoms with Crippen molar-refractivity contribution < 1.29 is 4.79 Å². The predicted octanol–water partition coefficient (Wildman–Crippen LogP) is 1.83. The van der Waals surface area contributed by atoms with Crippen molar-refractivity contribution in [3.8, 4) is 11.3 Å². The normalized spacial score (nSPS) is 26.8. The zero-order chi connectivity index (χ0) is 17.6. The third kappa shape index (κ3) is 2.78. The van der Waals surface area contributed by atoms with Gasteiger partial charge in [0, 0.05) is 23.4 Å². The molecule has 2 aliphatic carbocycles. The number of aromatic nitrogens is 2. The van der Waals surface area contributed by atoms with Crippen LogP contribution in [0.15, 0.2) is 47.3 Å². The van der Waals surface area contributed by atoms with Crippen LogP contribution in [0.1, 0.15) is 12.0 Å². The number of hydrogen-bond acceptors (Lipinski definition) is 4. The van der Waals surface area contributed by atoms with E-state index in [4.69, 9.17) is 5.73 Å².